The van der Waals surface area contributed by atoms with Gasteiger partial charge < -0.3 is 19.8 Å². The monoisotopic (exact) mass is 353 g/mol. The molecular formula is C13H12BrN3O4. The molecule has 0 radical (unpaired) electrons. The first-order chi connectivity index (χ1) is 9.90. The number of hydrogen-bond donors (Lipinski definition) is 1. The fraction of sp³-hybridized carbons (Fsp3) is 0.231. The van der Waals surface area contributed by atoms with Gasteiger partial charge in [0.25, 0.3) is 0 Å². The highest BCUT2D eigenvalue weighted by atomic mass is 79.9. The maximum Gasteiger partial charge on any atom is 0.385 e. The highest BCUT2D eigenvalue weighted by molar-refractivity contribution is 9.10. The van der Waals surface area contributed by atoms with Gasteiger partial charge >= 0.3 is 11.8 Å². The van der Waals surface area contributed by atoms with E-state index >= 15 is 0 Å². The van der Waals surface area contributed by atoms with E-state index in [1.807, 2.05) is 6.07 Å². The quantitative estimate of drug-likeness (QED) is 0.657. The van der Waals surface area contributed by atoms with Crippen LogP contribution in [0.1, 0.15) is 17.2 Å². The summed E-state index contributed by atoms with van der Waals surface area (Å²) in [5.74, 6) is -2.58. The Morgan fingerprint density at radius 3 is 2.86 bits per heavy atom. The van der Waals surface area contributed by atoms with Crippen LogP contribution in [0.25, 0.3) is 0 Å². The lowest BCUT2D eigenvalue weighted by Gasteiger charge is -2.12. The van der Waals surface area contributed by atoms with Crippen molar-refractivity contribution in [2.45, 2.75) is 12.3 Å². The van der Waals surface area contributed by atoms with Crippen molar-refractivity contribution >= 4 is 27.7 Å². The Balaban J connectivity index is 2.43. The van der Waals surface area contributed by atoms with Gasteiger partial charge in [0.1, 0.15) is 11.6 Å². The number of carboxylic acid groups (broad SMARTS) is 1. The molecule has 0 aliphatic carbocycles. The summed E-state index contributed by atoms with van der Waals surface area (Å²) in [6.07, 6.45) is 1.40. The zero-order chi connectivity index (χ0) is 15.6. The van der Waals surface area contributed by atoms with Crippen LogP contribution in [0.4, 0.5) is 5.82 Å². The number of rotatable bonds is 5. The summed E-state index contributed by atoms with van der Waals surface area (Å²) in [5.41, 5.74) is 0.861. The number of carbonyl (C=O) groups is 1. The fourth-order valence-corrected chi connectivity index (χ4v) is 2.62. The van der Waals surface area contributed by atoms with E-state index in [2.05, 4.69) is 20.9 Å². The molecule has 1 aromatic carbocycles. The Hall–Kier alpha value is -2.22. The van der Waals surface area contributed by atoms with Crippen LogP contribution in [-0.4, -0.2) is 25.6 Å². The van der Waals surface area contributed by atoms with E-state index in [0.29, 0.717) is 0 Å². The van der Waals surface area contributed by atoms with Gasteiger partial charge in [0.15, 0.2) is 0 Å². The minimum Gasteiger partial charge on any atom is -0.481 e. The van der Waals surface area contributed by atoms with Crippen LogP contribution in [0.5, 0.6) is 0 Å². The van der Waals surface area contributed by atoms with E-state index in [-0.39, 0.29) is 12.1 Å². The van der Waals surface area contributed by atoms with Gasteiger partial charge in [-0.1, -0.05) is 28.1 Å². The topological polar surface area (TPSA) is 98.3 Å². The van der Waals surface area contributed by atoms with Gasteiger partial charge in [-0.3, -0.25) is 4.79 Å². The molecule has 8 heteroatoms. The van der Waals surface area contributed by atoms with E-state index < -0.39 is 22.6 Å². The number of imidazole rings is 1. The van der Waals surface area contributed by atoms with Crippen molar-refractivity contribution in [3.63, 3.8) is 0 Å². The number of aryl methyl sites for hydroxylation is 1. The molecule has 1 aromatic heterocycles. The van der Waals surface area contributed by atoms with E-state index in [0.717, 1.165) is 10.0 Å². The number of benzene rings is 1. The van der Waals surface area contributed by atoms with E-state index in [1.54, 1.807) is 25.2 Å². The molecule has 1 unspecified atom stereocenters. The maximum absolute atomic E-state index is 11.5. The second-order valence-electron chi connectivity index (χ2n) is 4.55. The minimum absolute atomic E-state index is 0.0903. The van der Waals surface area contributed by atoms with Gasteiger partial charge in [0.05, 0.1) is 0 Å². The highest BCUT2D eigenvalue weighted by Gasteiger charge is 2.32. The molecule has 0 fully saturated rings. The first-order valence-electron chi connectivity index (χ1n) is 6.03. The summed E-state index contributed by atoms with van der Waals surface area (Å²) >= 11 is 3.32. The summed E-state index contributed by atoms with van der Waals surface area (Å²) in [5, 5.41) is 20.4. The van der Waals surface area contributed by atoms with Crippen LogP contribution in [0, 0.1) is 10.1 Å². The van der Waals surface area contributed by atoms with Crippen LogP contribution in [0.2, 0.25) is 0 Å². The summed E-state index contributed by atoms with van der Waals surface area (Å²) in [6.45, 7) is 0. The largest absolute Gasteiger partial charge is 0.481 e. The van der Waals surface area contributed by atoms with Gasteiger partial charge in [-0.2, -0.15) is 0 Å². The van der Waals surface area contributed by atoms with Gasteiger partial charge in [-0.25, -0.2) is 0 Å². The van der Waals surface area contributed by atoms with Crippen molar-refractivity contribution in [3.8, 4) is 0 Å². The molecule has 0 saturated carbocycles. The van der Waals surface area contributed by atoms with Crippen molar-refractivity contribution in [1.29, 1.82) is 0 Å². The molecule has 0 aliphatic heterocycles. The van der Waals surface area contributed by atoms with Gasteiger partial charge in [-0.05, 0) is 34.0 Å². The molecule has 1 atom stereocenters. The van der Waals surface area contributed by atoms with E-state index in [4.69, 9.17) is 0 Å². The molecule has 0 amide bonds. The molecule has 0 saturated heterocycles. The average Bonchev–Trinajstić information content (AvgIpc) is 2.77. The summed E-state index contributed by atoms with van der Waals surface area (Å²) in [4.78, 5) is 25.5. The van der Waals surface area contributed by atoms with Crippen LogP contribution in [0.15, 0.2) is 35.1 Å². The molecular weight excluding hydrogens is 342 g/mol. The average molecular weight is 354 g/mol. The Bertz CT molecular complexity index is 698. The highest BCUT2D eigenvalue weighted by Crippen LogP contribution is 2.29. The van der Waals surface area contributed by atoms with Crippen molar-refractivity contribution in [2.24, 2.45) is 7.05 Å². The number of nitro groups is 1. The zero-order valence-corrected chi connectivity index (χ0v) is 12.6. The predicted molar refractivity (Wildman–Crippen MR) is 78.1 cm³/mol. The number of aliphatic carboxylic acids is 1. The lowest BCUT2D eigenvalue weighted by molar-refractivity contribution is -0.390. The van der Waals surface area contributed by atoms with Gasteiger partial charge in [0.2, 0.25) is 6.33 Å². The zero-order valence-electron chi connectivity index (χ0n) is 11.1. The Morgan fingerprint density at radius 1 is 1.57 bits per heavy atom. The molecule has 21 heavy (non-hydrogen) atoms. The normalized spacial score (nSPS) is 12.1. The summed E-state index contributed by atoms with van der Waals surface area (Å²) in [6, 6.07) is 7.18. The number of aromatic nitrogens is 2. The maximum atomic E-state index is 11.5. The summed E-state index contributed by atoms with van der Waals surface area (Å²) in [7, 11) is 1.55. The van der Waals surface area contributed by atoms with Crippen LogP contribution < -0.4 is 0 Å². The fourth-order valence-electron chi connectivity index (χ4n) is 2.17. The molecule has 2 aromatic rings. The molecule has 0 spiro atoms. The third-order valence-electron chi connectivity index (χ3n) is 3.09. The molecule has 7 nitrogen and oxygen atoms in total. The van der Waals surface area contributed by atoms with Crippen LogP contribution in [-0.2, 0) is 18.3 Å². The van der Waals surface area contributed by atoms with Gasteiger partial charge in [0, 0.05) is 11.5 Å². The van der Waals surface area contributed by atoms with E-state index in [9.17, 15) is 20.0 Å². The standard InChI is InChI=1S/C13H12BrN3O4/c1-16-7-15-12(17(20)21)11(16)10(13(18)19)6-8-3-2-4-9(14)5-8/h2-5,7,10H,6H2,1H3,(H,18,19). The van der Waals surface area contributed by atoms with E-state index in [1.165, 1.54) is 10.9 Å². The smallest absolute Gasteiger partial charge is 0.385 e. The first kappa shape index (κ1) is 15.2. The first-order valence-corrected chi connectivity index (χ1v) is 6.82. The predicted octanol–water partition coefficient (Wildman–Crippen LogP) is 2.50. The number of carboxylic acids is 1. The van der Waals surface area contributed by atoms with Crippen LogP contribution in [0.3, 0.4) is 0 Å². The van der Waals surface area contributed by atoms with Gasteiger partial charge in [-0.15, -0.1) is 0 Å². The number of hydrogen-bond acceptors (Lipinski definition) is 4. The molecule has 110 valence electrons. The lowest BCUT2D eigenvalue weighted by Crippen LogP contribution is -2.18. The van der Waals surface area contributed by atoms with Crippen LogP contribution >= 0.6 is 15.9 Å². The minimum atomic E-state index is -1.12. The molecule has 0 bridgehead atoms. The molecule has 1 heterocycles. The molecule has 2 rings (SSSR count). The third kappa shape index (κ3) is 3.27. The Kier molecular flexibility index (Phi) is 4.37. The Labute approximate surface area is 128 Å². The summed E-state index contributed by atoms with van der Waals surface area (Å²) < 4.78 is 2.21. The van der Waals surface area contributed by atoms with Crippen molar-refractivity contribution in [3.05, 3.63) is 56.4 Å². The Morgan fingerprint density at radius 2 is 2.29 bits per heavy atom. The van der Waals surface area contributed by atoms with Crippen molar-refractivity contribution < 1.29 is 14.8 Å². The molecule has 1 N–H and O–H groups in total. The second-order valence-corrected chi connectivity index (χ2v) is 5.46. The number of nitrogens with zero attached hydrogens (tertiary/aromatic N) is 3. The lowest BCUT2D eigenvalue weighted by atomic mass is 9.96. The number of halogens is 1. The second kappa shape index (κ2) is 6.04. The van der Waals surface area contributed by atoms with Crippen molar-refractivity contribution in [2.75, 3.05) is 0 Å². The molecule has 0 aliphatic rings. The third-order valence-corrected chi connectivity index (χ3v) is 3.59. The SMILES string of the molecule is Cn1cnc([N+](=O)[O-])c1C(Cc1cccc(Br)c1)C(=O)O. The van der Waals surface area contributed by atoms with Crippen molar-refractivity contribution in [1.82, 2.24) is 9.55 Å².